The molecule has 12 nitrogen and oxygen atoms in total. The Labute approximate surface area is 273 Å². The van der Waals surface area contributed by atoms with Crippen LogP contribution in [0.3, 0.4) is 0 Å². The zero-order valence-corrected chi connectivity index (χ0v) is 28.1. The van der Waals surface area contributed by atoms with Crippen molar-refractivity contribution in [2.75, 3.05) is 27.8 Å². The maximum absolute atomic E-state index is 13.6. The van der Waals surface area contributed by atoms with Gasteiger partial charge < -0.3 is 18.8 Å². The van der Waals surface area contributed by atoms with Gasteiger partial charge >= 0.3 is 21.7 Å². The van der Waals surface area contributed by atoms with Crippen LogP contribution in [0.15, 0.2) is 48.5 Å². The highest BCUT2D eigenvalue weighted by molar-refractivity contribution is 7.88. The largest absolute Gasteiger partial charge is 0.534 e. The normalized spacial score (nSPS) is 24.1. The summed E-state index contributed by atoms with van der Waals surface area (Å²) in [7, 11) is -5.51. The van der Waals surface area contributed by atoms with Gasteiger partial charge in [0, 0.05) is 26.7 Å². The number of carboxylic acid groups (broad SMARTS) is 1. The van der Waals surface area contributed by atoms with Crippen LogP contribution in [0.1, 0.15) is 56.1 Å². The molecule has 4 rings (SSSR count). The van der Waals surface area contributed by atoms with Gasteiger partial charge in [0.05, 0.1) is 31.9 Å². The monoisotopic (exact) mass is 707 g/mol. The Morgan fingerprint density at radius 2 is 1.62 bits per heavy atom. The number of halogens is 3. The maximum atomic E-state index is 13.6. The van der Waals surface area contributed by atoms with Crippen molar-refractivity contribution in [3.63, 3.8) is 0 Å². The molecule has 0 unspecified atom stereocenters. The molecule has 1 aliphatic heterocycles. The van der Waals surface area contributed by atoms with E-state index in [-0.39, 0.29) is 37.3 Å². The number of methoxy groups -OCH3 is 1. The average Bonchev–Trinajstić information content (AvgIpc) is 3.34. The molecule has 2 aromatic rings. The molecule has 1 amide bonds. The first-order chi connectivity index (χ1) is 22.0. The average molecular weight is 708 g/mol. The molecule has 2 aliphatic rings. The molecule has 1 heterocycles. The van der Waals surface area contributed by atoms with Crippen molar-refractivity contribution < 1.29 is 53.6 Å². The minimum atomic E-state index is -5.84. The Balaban J connectivity index is 1.50. The lowest BCUT2D eigenvalue weighted by molar-refractivity contribution is -0.0500. The van der Waals surface area contributed by atoms with Crippen molar-refractivity contribution in [1.82, 2.24) is 13.5 Å². The highest BCUT2D eigenvalue weighted by atomic mass is 32.2. The third-order valence-corrected chi connectivity index (χ3v) is 11.6. The molecular weight excluding hydrogens is 667 g/mol. The van der Waals surface area contributed by atoms with Gasteiger partial charge in [-0.2, -0.15) is 38.6 Å². The molecule has 3 atom stereocenters. The van der Waals surface area contributed by atoms with Crippen molar-refractivity contribution in [3.05, 3.63) is 59.7 Å². The highest BCUT2D eigenvalue weighted by Crippen LogP contribution is 2.40. The van der Waals surface area contributed by atoms with Crippen LogP contribution in [-0.2, 0) is 31.6 Å². The van der Waals surface area contributed by atoms with Crippen LogP contribution in [0.4, 0.5) is 18.0 Å². The lowest BCUT2D eigenvalue weighted by atomic mass is 9.82. The number of para-hydroxylation sites is 1. The second-order valence-corrected chi connectivity index (χ2v) is 15.6. The molecule has 0 radical (unpaired) electrons. The molecule has 47 heavy (non-hydrogen) atoms. The van der Waals surface area contributed by atoms with Gasteiger partial charge in [0.25, 0.3) is 10.2 Å². The van der Waals surface area contributed by atoms with Crippen LogP contribution in [0.2, 0.25) is 0 Å². The molecule has 0 spiro atoms. The summed E-state index contributed by atoms with van der Waals surface area (Å²) in [5, 5.41) is 10.1. The lowest BCUT2D eigenvalue weighted by Gasteiger charge is -2.36. The summed E-state index contributed by atoms with van der Waals surface area (Å²) in [6.07, 6.45) is 0.507. The van der Waals surface area contributed by atoms with E-state index in [4.69, 9.17) is 9.47 Å². The van der Waals surface area contributed by atoms with Gasteiger partial charge in [0.2, 0.25) is 0 Å². The van der Waals surface area contributed by atoms with Gasteiger partial charge in [-0.15, -0.1) is 0 Å². The van der Waals surface area contributed by atoms with E-state index in [2.05, 4.69) is 4.18 Å². The Bertz CT molecular complexity index is 1600. The molecule has 2 aromatic carbocycles. The number of rotatable bonds is 12. The molecule has 0 bridgehead atoms. The van der Waals surface area contributed by atoms with Gasteiger partial charge in [-0.3, -0.25) is 4.90 Å². The number of ether oxygens (including phenoxy) is 2. The minimum absolute atomic E-state index is 0.0114. The first-order valence-electron chi connectivity index (χ1n) is 15.0. The Hall–Kier alpha value is -3.12. The minimum Gasteiger partial charge on any atom is -0.497 e. The molecule has 1 aliphatic carbocycles. The van der Waals surface area contributed by atoms with Crippen molar-refractivity contribution in [3.8, 4) is 11.5 Å². The summed E-state index contributed by atoms with van der Waals surface area (Å²) in [5.41, 5.74) is -4.55. The number of hydrogen-bond donors (Lipinski definition) is 1. The fourth-order valence-electron chi connectivity index (χ4n) is 6.29. The summed E-state index contributed by atoms with van der Waals surface area (Å²) in [5.74, 6) is -0.0757. The number of likely N-dealkylation sites (tertiary alicyclic amines) is 1. The quantitative estimate of drug-likeness (QED) is 0.244. The van der Waals surface area contributed by atoms with E-state index in [1.807, 2.05) is 0 Å². The molecule has 1 saturated heterocycles. The first-order valence-corrected chi connectivity index (χ1v) is 17.8. The third-order valence-electron chi connectivity index (χ3n) is 8.72. The fraction of sp³-hybridized carbons (Fsp3) is 0.567. The van der Waals surface area contributed by atoms with Gasteiger partial charge in [-0.1, -0.05) is 30.3 Å². The molecular formula is C30H40F3N3O9S2. The number of amides is 1. The highest BCUT2D eigenvalue weighted by Gasteiger charge is 2.50. The molecule has 1 saturated carbocycles. The third kappa shape index (κ3) is 8.31. The van der Waals surface area contributed by atoms with Gasteiger partial charge in [0.15, 0.2) is 0 Å². The number of alkyl halides is 3. The summed E-state index contributed by atoms with van der Waals surface area (Å²) in [6.45, 7) is 1.63. The lowest BCUT2D eigenvalue weighted by Crippen LogP contribution is -2.53. The van der Waals surface area contributed by atoms with Crippen molar-refractivity contribution in [1.29, 1.82) is 0 Å². The van der Waals surface area contributed by atoms with Crippen molar-refractivity contribution >= 4 is 26.4 Å². The van der Waals surface area contributed by atoms with E-state index < -0.39 is 50.1 Å². The van der Waals surface area contributed by atoms with E-state index in [0.29, 0.717) is 42.6 Å². The maximum Gasteiger partial charge on any atom is 0.534 e. The van der Waals surface area contributed by atoms with Gasteiger partial charge in [0.1, 0.15) is 11.5 Å². The van der Waals surface area contributed by atoms with E-state index in [9.17, 15) is 39.9 Å². The van der Waals surface area contributed by atoms with E-state index in [1.165, 1.54) is 48.6 Å². The number of carbonyl (C=O) groups is 1. The summed E-state index contributed by atoms with van der Waals surface area (Å²) in [4.78, 5) is 13.6. The van der Waals surface area contributed by atoms with Gasteiger partial charge in [-0.25, -0.2) is 4.79 Å². The number of nitrogens with zero attached hydrogens (tertiary/aromatic N) is 3. The van der Waals surface area contributed by atoms with Crippen molar-refractivity contribution in [2.24, 2.45) is 0 Å². The second kappa shape index (κ2) is 14.6. The van der Waals surface area contributed by atoms with Gasteiger partial charge in [-0.05, 0) is 74.3 Å². The van der Waals surface area contributed by atoms with Crippen LogP contribution in [0, 0.1) is 0 Å². The predicted molar refractivity (Wildman–Crippen MR) is 166 cm³/mol. The first kappa shape index (κ1) is 36.7. The summed E-state index contributed by atoms with van der Waals surface area (Å²) >= 11 is 0. The fourth-order valence-corrected chi connectivity index (χ4v) is 8.07. The molecule has 1 N–H and O–H groups in total. The van der Waals surface area contributed by atoms with Crippen LogP contribution >= 0.6 is 0 Å². The van der Waals surface area contributed by atoms with E-state index in [0.717, 1.165) is 4.31 Å². The molecule has 17 heteroatoms. The van der Waals surface area contributed by atoms with Crippen LogP contribution in [0.5, 0.6) is 11.5 Å². The number of hydrogen-bond acceptors (Lipinski definition) is 8. The topological polar surface area (TPSA) is 143 Å². The smallest absolute Gasteiger partial charge is 0.497 e. The van der Waals surface area contributed by atoms with Crippen LogP contribution < -0.4 is 8.92 Å². The predicted octanol–water partition coefficient (Wildman–Crippen LogP) is 4.78. The second-order valence-electron chi connectivity index (χ2n) is 11.9. The number of benzene rings is 2. The zero-order chi connectivity index (χ0) is 34.7. The van der Waals surface area contributed by atoms with Crippen molar-refractivity contribution in [2.45, 2.75) is 81.2 Å². The SMILES string of the molecule is COc1ccc(CN([C@H]2C[C@@H](C)N(C(=O)O)[C@H]2COC2CCC(c3ccccc3OS(=O)(=O)C(F)(F)F)CC2)S(=O)(=O)N(C)C)cc1. The molecule has 0 aromatic heterocycles. The standard InChI is InChI=1S/C30H40F3N3O9S2/c1-20-17-26(35(47(41,42)34(2)3)18-21-9-13-23(43-4)14-10-21)27(36(20)29(37)38)19-44-24-15-11-22(12-16-24)25-7-5-6-8-28(25)45-46(39,40)30(31,32)33/h5-10,13-14,20,22,24,26-27H,11-12,15-19H2,1-4H3,(H,37,38)/t20-,22?,24?,26+,27+/m1/s1. The van der Waals surface area contributed by atoms with Crippen LogP contribution in [-0.4, -0.2) is 99.1 Å². The van der Waals surface area contributed by atoms with E-state index >= 15 is 0 Å². The molecule has 2 fully saturated rings. The zero-order valence-electron chi connectivity index (χ0n) is 26.5. The Morgan fingerprint density at radius 1 is 1.00 bits per heavy atom. The Morgan fingerprint density at radius 3 is 2.17 bits per heavy atom. The summed E-state index contributed by atoms with van der Waals surface area (Å²) < 4.78 is 108. The Kier molecular flexibility index (Phi) is 11.4. The summed E-state index contributed by atoms with van der Waals surface area (Å²) in [6, 6.07) is 10.6. The van der Waals surface area contributed by atoms with E-state index in [1.54, 1.807) is 37.3 Å². The van der Waals surface area contributed by atoms with Crippen LogP contribution in [0.25, 0.3) is 0 Å². The molecule has 262 valence electrons.